The molecular formula is C13H19ClN2O2S. The van der Waals surface area contributed by atoms with Crippen LogP contribution in [0.4, 0.5) is 0 Å². The molecule has 4 nitrogen and oxygen atoms in total. The topological polar surface area (TPSA) is 58.2 Å². The monoisotopic (exact) mass is 302 g/mol. The van der Waals surface area contributed by atoms with E-state index in [1.54, 1.807) is 19.1 Å². The Morgan fingerprint density at radius 1 is 1.47 bits per heavy atom. The molecule has 1 aliphatic heterocycles. The predicted molar refractivity (Wildman–Crippen MR) is 77.0 cm³/mol. The fourth-order valence-corrected chi connectivity index (χ4v) is 3.93. The van der Waals surface area contributed by atoms with Crippen molar-refractivity contribution in [2.45, 2.75) is 24.7 Å². The zero-order chi connectivity index (χ0) is 13.9. The molecular weight excluding hydrogens is 284 g/mol. The summed E-state index contributed by atoms with van der Waals surface area (Å²) in [4.78, 5) is 0.165. The van der Waals surface area contributed by atoms with Crippen LogP contribution in [0.1, 0.15) is 18.4 Å². The second-order valence-electron chi connectivity index (χ2n) is 4.95. The van der Waals surface area contributed by atoms with Crippen LogP contribution in [0, 0.1) is 12.8 Å². The number of benzene rings is 1. The van der Waals surface area contributed by atoms with Gasteiger partial charge in [-0.1, -0.05) is 23.7 Å². The third kappa shape index (κ3) is 3.69. The highest BCUT2D eigenvalue weighted by atomic mass is 35.5. The molecule has 1 saturated heterocycles. The van der Waals surface area contributed by atoms with Gasteiger partial charge in [-0.3, -0.25) is 0 Å². The van der Waals surface area contributed by atoms with Crippen molar-refractivity contribution >= 4 is 21.6 Å². The first kappa shape index (κ1) is 14.8. The quantitative estimate of drug-likeness (QED) is 0.893. The lowest BCUT2D eigenvalue weighted by Crippen LogP contribution is -2.38. The van der Waals surface area contributed by atoms with Gasteiger partial charge in [-0.15, -0.1) is 0 Å². The van der Waals surface area contributed by atoms with Gasteiger partial charge in [0.15, 0.2) is 0 Å². The van der Waals surface area contributed by atoms with E-state index >= 15 is 0 Å². The Hall–Kier alpha value is -0.620. The highest BCUT2D eigenvalue weighted by Gasteiger charge is 2.21. The molecule has 1 heterocycles. The summed E-state index contributed by atoms with van der Waals surface area (Å²) in [7, 11) is -3.52. The highest BCUT2D eigenvalue weighted by Crippen LogP contribution is 2.24. The molecule has 6 heteroatoms. The van der Waals surface area contributed by atoms with Crippen LogP contribution in [-0.4, -0.2) is 28.1 Å². The van der Waals surface area contributed by atoms with E-state index in [-0.39, 0.29) is 4.90 Å². The van der Waals surface area contributed by atoms with Gasteiger partial charge >= 0.3 is 0 Å². The van der Waals surface area contributed by atoms with Crippen LogP contribution in [0.15, 0.2) is 23.1 Å². The molecule has 0 unspecified atom stereocenters. The summed E-state index contributed by atoms with van der Waals surface area (Å²) in [6.07, 6.45) is 2.15. The lowest BCUT2D eigenvalue weighted by atomic mass is 10.0. The summed E-state index contributed by atoms with van der Waals surface area (Å²) in [6, 6.07) is 5.04. The minimum atomic E-state index is -3.52. The standard InChI is InChI=1S/C13H19ClN2O2S/c1-10-4-2-6-12(13(10)14)19(17,18)16-9-11-5-3-7-15-8-11/h2,4,6,11,15-16H,3,5,7-9H2,1H3/t11-/m0/s1. The Morgan fingerprint density at radius 2 is 2.26 bits per heavy atom. The fourth-order valence-electron chi connectivity index (χ4n) is 2.23. The lowest BCUT2D eigenvalue weighted by Gasteiger charge is -2.23. The Labute approximate surface area is 119 Å². The largest absolute Gasteiger partial charge is 0.316 e. The summed E-state index contributed by atoms with van der Waals surface area (Å²) in [5, 5.41) is 3.57. The molecule has 0 radical (unpaired) electrons. The van der Waals surface area contributed by atoms with E-state index < -0.39 is 10.0 Å². The fraction of sp³-hybridized carbons (Fsp3) is 0.538. The Kier molecular flexibility index (Phi) is 4.84. The Balaban J connectivity index is 2.07. The van der Waals surface area contributed by atoms with Gasteiger partial charge in [0.05, 0.1) is 5.02 Å². The molecule has 1 atom stereocenters. The van der Waals surface area contributed by atoms with Crippen LogP contribution < -0.4 is 10.0 Å². The van der Waals surface area contributed by atoms with E-state index in [9.17, 15) is 8.42 Å². The summed E-state index contributed by atoms with van der Waals surface area (Å²) >= 11 is 6.07. The van der Waals surface area contributed by atoms with Crippen molar-refractivity contribution in [3.8, 4) is 0 Å². The minimum absolute atomic E-state index is 0.165. The average Bonchev–Trinajstić information content (AvgIpc) is 2.41. The van der Waals surface area contributed by atoms with Crippen LogP contribution in [0.3, 0.4) is 0 Å². The molecule has 0 saturated carbocycles. The molecule has 1 aromatic carbocycles. The minimum Gasteiger partial charge on any atom is -0.316 e. The van der Waals surface area contributed by atoms with Gasteiger partial charge in [0.1, 0.15) is 4.90 Å². The van der Waals surface area contributed by atoms with E-state index in [2.05, 4.69) is 10.0 Å². The molecule has 1 aliphatic rings. The van der Waals surface area contributed by atoms with Gasteiger partial charge in [-0.05, 0) is 50.4 Å². The maximum absolute atomic E-state index is 12.2. The van der Waals surface area contributed by atoms with Crippen LogP contribution in [-0.2, 0) is 10.0 Å². The van der Waals surface area contributed by atoms with Crippen LogP contribution in [0.25, 0.3) is 0 Å². The number of hydrogen-bond donors (Lipinski definition) is 2. The van der Waals surface area contributed by atoms with Gasteiger partial charge in [0.25, 0.3) is 0 Å². The molecule has 2 N–H and O–H groups in total. The number of aryl methyl sites for hydroxylation is 1. The first-order valence-electron chi connectivity index (χ1n) is 6.46. The predicted octanol–water partition coefficient (Wildman–Crippen LogP) is 1.93. The summed E-state index contributed by atoms with van der Waals surface area (Å²) in [5.41, 5.74) is 0.767. The maximum Gasteiger partial charge on any atom is 0.242 e. The zero-order valence-electron chi connectivity index (χ0n) is 10.9. The van der Waals surface area contributed by atoms with Crippen molar-refractivity contribution in [3.05, 3.63) is 28.8 Å². The molecule has 1 fully saturated rings. The van der Waals surface area contributed by atoms with Crippen molar-refractivity contribution in [2.24, 2.45) is 5.92 Å². The number of sulfonamides is 1. The zero-order valence-corrected chi connectivity index (χ0v) is 12.5. The molecule has 0 bridgehead atoms. The van der Waals surface area contributed by atoms with Crippen LogP contribution in [0.5, 0.6) is 0 Å². The molecule has 19 heavy (non-hydrogen) atoms. The molecule has 0 amide bonds. The Morgan fingerprint density at radius 3 is 2.95 bits per heavy atom. The van der Waals surface area contributed by atoms with E-state index in [1.807, 2.05) is 0 Å². The first-order chi connectivity index (χ1) is 9.00. The maximum atomic E-state index is 12.2. The third-order valence-electron chi connectivity index (χ3n) is 3.41. The lowest BCUT2D eigenvalue weighted by molar-refractivity contribution is 0.376. The van der Waals surface area contributed by atoms with E-state index in [0.29, 0.717) is 17.5 Å². The van der Waals surface area contributed by atoms with Gasteiger partial charge in [0.2, 0.25) is 10.0 Å². The van der Waals surface area contributed by atoms with Gasteiger partial charge in [-0.2, -0.15) is 0 Å². The molecule has 0 aromatic heterocycles. The highest BCUT2D eigenvalue weighted by molar-refractivity contribution is 7.89. The SMILES string of the molecule is Cc1cccc(S(=O)(=O)NC[C@H]2CCCNC2)c1Cl. The van der Waals surface area contributed by atoms with Crippen LogP contribution >= 0.6 is 11.6 Å². The van der Waals surface area contributed by atoms with Crippen molar-refractivity contribution in [2.75, 3.05) is 19.6 Å². The van der Waals surface area contributed by atoms with Gasteiger partial charge < -0.3 is 5.32 Å². The summed E-state index contributed by atoms with van der Waals surface area (Å²) < 4.78 is 27.1. The molecule has 0 aliphatic carbocycles. The van der Waals surface area contributed by atoms with Gasteiger partial charge in [-0.25, -0.2) is 13.1 Å². The van der Waals surface area contributed by atoms with Crippen molar-refractivity contribution in [1.82, 2.24) is 10.0 Å². The van der Waals surface area contributed by atoms with Gasteiger partial charge in [0, 0.05) is 6.54 Å². The molecule has 0 spiro atoms. The number of hydrogen-bond acceptors (Lipinski definition) is 3. The van der Waals surface area contributed by atoms with Crippen molar-refractivity contribution < 1.29 is 8.42 Å². The van der Waals surface area contributed by atoms with E-state index in [4.69, 9.17) is 11.6 Å². The van der Waals surface area contributed by atoms with Crippen molar-refractivity contribution in [3.63, 3.8) is 0 Å². The van der Waals surface area contributed by atoms with Crippen LogP contribution in [0.2, 0.25) is 5.02 Å². The molecule has 2 rings (SSSR count). The first-order valence-corrected chi connectivity index (χ1v) is 8.32. The molecule has 106 valence electrons. The summed E-state index contributed by atoms with van der Waals surface area (Å²) in [5.74, 6) is 0.354. The number of piperidine rings is 1. The average molecular weight is 303 g/mol. The number of rotatable bonds is 4. The van der Waals surface area contributed by atoms with Crippen molar-refractivity contribution in [1.29, 1.82) is 0 Å². The Bertz CT molecular complexity index is 540. The molecule has 1 aromatic rings. The third-order valence-corrected chi connectivity index (χ3v) is 5.49. The smallest absolute Gasteiger partial charge is 0.242 e. The van der Waals surface area contributed by atoms with E-state index in [0.717, 1.165) is 31.5 Å². The normalized spacial score (nSPS) is 20.4. The summed E-state index contributed by atoms with van der Waals surface area (Å²) in [6.45, 7) is 4.14. The number of halogens is 1. The van der Waals surface area contributed by atoms with E-state index in [1.165, 1.54) is 6.07 Å². The second kappa shape index (κ2) is 6.22. The number of nitrogens with one attached hydrogen (secondary N) is 2. The second-order valence-corrected chi connectivity index (χ2v) is 7.06.